The Kier molecular flexibility index (Phi) is 8.69. The molecular formula is C44H40N2O4. The molecule has 0 unspecified atom stereocenters. The van der Waals surface area contributed by atoms with E-state index < -0.39 is 0 Å². The van der Waals surface area contributed by atoms with Crippen molar-refractivity contribution in [2.75, 3.05) is 31.1 Å². The van der Waals surface area contributed by atoms with Crippen LogP contribution in [-0.2, 0) is 13.2 Å². The van der Waals surface area contributed by atoms with E-state index in [4.69, 9.17) is 13.9 Å². The van der Waals surface area contributed by atoms with Crippen molar-refractivity contribution in [1.29, 1.82) is 0 Å². The maximum absolute atomic E-state index is 14.4. The third-order valence-electron chi connectivity index (χ3n) is 9.80. The Bertz CT molecular complexity index is 2270. The summed E-state index contributed by atoms with van der Waals surface area (Å²) in [5, 5.41) is 3.70. The van der Waals surface area contributed by atoms with Gasteiger partial charge in [0, 0.05) is 65.9 Å². The van der Waals surface area contributed by atoms with Crippen molar-refractivity contribution in [3.63, 3.8) is 0 Å². The number of furan rings is 1. The Balaban J connectivity index is 1.15. The van der Waals surface area contributed by atoms with Gasteiger partial charge < -0.3 is 18.8 Å². The van der Waals surface area contributed by atoms with Crippen LogP contribution in [0.3, 0.4) is 0 Å². The molecule has 6 nitrogen and oxygen atoms in total. The van der Waals surface area contributed by atoms with Crippen LogP contribution in [-0.4, -0.2) is 42.9 Å². The molecule has 0 radical (unpaired) electrons. The number of ether oxygens (including phenoxy) is 2. The molecule has 1 aliphatic rings. The lowest BCUT2D eigenvalue weighted by molar-refractivity contribution is 0.104. The number of ketones is 1. The zero-order valence-corrected chi connectivity index (χ0v) is 28.5. The van der Waals surface area contributed by atoms with E-state index in [9.17, 15) is 4.79 Å². The van der Waals surface area contributed by atoms with Crippen LogP contribution in [0.4, 0.5) is 5.69 Å². The molecule has 1 aliphatic heterocycles. The highest BCUT2D eigenvalue weighted by Crippen LogP contribution is 2.40. The topological polar surface area (TPSA) is 55.2 Å². The second kappa shape index (κ2) is 13.7. The largest absolute Gasteiger partial charge is 0.489 e. The number of hydrogen-bond acceptors (Lipinski definition) is 6. The number of benzene rings is 6. The predicted octanol–water partition coefficient (Wildman–Crippen LogP) is 9.66. The van der Waals surface area contributed by atoms with Gasteiger partial charge in [-0.15, -0.1) is 0 Å². The van der Waals surface area contributed by atoms with E-state index in [0.29, 0.717) is 47.3 Å². The standard InChI is InChI=1S/C44H40N2O4/c1-30(2)45-21-23-46(24-22-45)34-15-13-33(14-16-34)44(47)40-27-42-43(37-19-17-35(25-39(37)40)48-28-31-9-5-3-6-10-31)38-20-18-36(26-41(38)50-42)49-29-32-11-7-4-8-12-32/h3-20,25-27,30H,21-24,28-29H2,1-2H3. The number of anilines is 1. The third kappa shape index (κ3) is 6.42. The fourth-order valence-corrected chi connectivity index (χ4v) is 6.97. The second-order valence-electron chi connectivity index (χ2n) is 13.3. The van der Waals surface area contributed by atoms with E-state index >= 15 is 0 Å². The van der Waals surface area contributed by atoms with Gasteiger partial charge in [-0.25, -0.2) is 0 Å². The van der Waals surface area contributed by atoms with E-state index in [1.54, 1.807) is 0 Å². The van der Waals surface area contributed by atoms with Gasteiger partial charge in [0.1, 0.15) is 35.9 Å². The molecule has 0 N–H and O–H groups in total. The molecule has 0 saturated carbocycles. The third-order valence-corrected chi connectivity index (χ3v) is 9.80. The molecule has 7 aromatic rings. The first kappa shape index (κ1) is 31.7. The van der Waals surface area contributed by atoms with Crippen molar-refractivity contribution >= 4 is 44.2 Å². The Morgan fingerprint density at radius 3 is 1.86 bits per heavy atom. The maximum Gasteiger partial charge on any atom is 0.193 e. The quantitative estimate of drug-likeness (QED) is 0.136. The number of carbonyl (C=O) groups is 1. The van der Waals surface area contributed by atoms with Crippen LogP contribution in [0.15, 0.2) is 132 Å². The number of carbonyl (C=O) groups excluding carboxylic acids is 1. The van der Waals surface area contributed by atoms with Crippen molar-refractivity contribution in [3.8, 4) is 11.5 Å². The molecular weight excluding hydrogens is 620 g/mol. The van der Waals surface area contributed by atoms with Gasteiger partial charge in [-0.3, -0.25) is 9.69 Å². The number of rotatable bonds is 10. The summed E-state index contributed by atoms with van der Waals surface area (Å²) in [5.74, 6) is 1.37. The van der Waals surface area contributed by atoms with Crippen LogP contribution in [0.25, 0.3) is 32.7 Å². The van der Waals surface area contributed by atoms with E-state index in [1.165, 1.54) is 0 Å². The monoisotopic (exact) mass is 660 g/mol. The number of hydrogen-bond donors (Lipinski definition) is 0. The minimum absolute atomic E-state index is 0.0550. The minimum Gasteiger partial charge on any atom is -0.489 e. The summed E-state index contributed by atoms with van der Waals surface area (Å²) < 4.78 is 18.8. The first-order valence-corrected chi connectivity index (χ1v) is 17.4. The average Bonchev–Trinajstić information content (AvgIpc) is 3.54. The Morgan fingerprint density at radius 2 is 1.24 bits per heavy atom. The van der Waals surface area contributed by atoms with Gasteiger partial charge in [0.15, 0.2) is 5.78 Å². The van der Waals surface area contributed by atoms with Crippen molar-refractivity contribution in [3.05, 3.63) is 150 Å². The molecule has 0 bridgehead atoms. The smallest absolute Gasteiger partial charge is 0.193 e. The van der Waals surface area contributed by atoms with Crippen LogP contribution >= 0.6 is 0 Å². The van der Waals surface area contributed by atoms with Gasteiger partial charge in [0.05, 0.1) is 0 Å². The SMILES string of the molecule is CC(C)N1CCN(c2ccc(C(=O)c3cc4oc5cc(OCc6ccccc6)ccc5c4c4ccc(OCc5ccccc5)cc34)cc2)CC1. The van der Waals surface area contributed by atoms with Gasteiger partial charge in [0.2, 0.25) is 0 Å². The molecule has 6 aromatic carbocycles. The molecule has 8 rings (SSSR count). The van der Waals surface area contributed by atoms with Gasteiger partial charge in [-0.05, 0) is 96.4 Å². The Labute approximate surface area is 292 Å². The van der Waals surface area contributed by atoms with Crippen molar-refractivity contribution in [1.82, 2.24) is 4.90 Å². The lowest BCUT2D eigenvalue weighted by Crippen LogP contribution is -2.48. The van der Waals surface area contributed by atoms with E-state index in [2.05, 4.69) is 35.8 Å². The second-order valence-corrected chi connectivity index (χ2v) is 13.3. The molecule has 0 aliphatic carbocycles. The zero-order chi connectivity index (χ0) is 34.0. The highest BCUT2D eigenvalue weighted by atomic mass is 16.5. The summed E-state index contributed by atoms with van der Waals surface area (Å²) >= 11 is 0. The molecule has 0 atom stereocenters. The highest BCUT2D eigenvalue weighted by Gasteiger charge is 2.22. The van der Waals surface area contributed by atoms with Gasteiger partial charge >= 0.3 is 0 Å². The fraction of sp³-hybridized carbons (Fsp3) is 0.205. The van der Waals surface area contributed by atoms with Crippen molar-refractivity contribution < 1.29 is 18.7 Å². The van der Waals surface area contributed by atoms with E-state index in [-0.39, 0.29) is 5.78 Å². The molecule has 6 heteroatoms. The van der Waals surface area contributed by atoms with Crippen molar-refractivity contribution in [2.24, 2.45) is 0 Å². The molecule has 1 fully saturated rings. The molecule has 50 heavy (non-hydrogen) atoms. The molecule has 0 amide bonds. The molecule has 250 valence electrons. The lowest BCUT2D eigenvalue weighted by atomic mass is 9.94. The van der Waals surface area contributed by atoms with Crippen LogP contribution in [0, 0.1) is 0 Å². The van der Waals surface area contributed by atoms with Crippen LogP contribution in [0.1, 0.15) is 40.9 Å². The highest BCUT2D eigenvalue weighted by molar-refractivity contribution is 6.26. The zero-order valence-electron chi connectivity index (χ0n) is 28.5. The van der Waals surface area contributed by atoms with Crippen LogP contribution in [0.5, 0.6) is 11.5 Å². The maximum atomic E-state index is 14.4. The summed E-state index contributed by atoms with van der Waals surface area (Å²) in [4.78, 5) is 19.3. The molecule has 2 heterocycles. The fourth-order valence-electron chi connectivity index (χ4n) is 6.97. The van der Waals surface area contributed by atoms with Crippen LogP contribution < -0.4 is 14.4 Å². The van der Waals surface area contributed by atoms with Crippen molar-refractivity contribution in [2.45, 2.75) is 33.1 Å². The summed E-state index contributed by atoms with van der Waals surface area (Å²) in [6.07, 6.45) is 0. The average molecular weight is 661 g/mol. The number of nitrogens with zero attached hydrogens (tertiary/aromatic N) is 2. The number of piperazine rings is 1. The molecule has 1 aromatic heterocycles. The summed E-state index contributed by atoms with van der Waals surface area (Å²) in [6, 6.07) is 42.7. The predicted molar refractivity (Wildman–Crippen MR) is 202 cm³/mol. The first-order valence-electron chi connectivity index (χ1n) is 17.4. The summed E-state index contributed by atoms with van der Waals surface area (Å²) in [5.41, 5.74) is 5.91. The summed E-state index contributed by atoms with van der Waals surface area (Å²) in [7, 11) is 0. The normalized spacial score (nSPS) is 13.8. The minimum atomic E-state index is -0.0550. The van der Waals surface area contributed by atoms with Gasteiger partial charge in [0.25, 0.3) is 0 Å². The first-order chi connectivity index (χ1) is 24.5. The van der Waals surface area contributed by atoms with E-state index in [0.717, 1.165) is 70.3 Å². The van der Waals surface area contributed by atoms with E-state index in [1.807, 2.05) is 115 Å². The molecule has 0 spiro atoms. The van der Waals surface area contributed by atoms with Gasteiger partial charge in [-0.2, -0.15) is 0 Å². The number of fused-ring (bicyclic) bond motifs is 5. The Hall–Kier alpha value is -5.59. The Morgan fingerprint density at radius 1 is 0.640 bits per heavy atom. The lowest BCUT2D eigenvalue weighted by Gasteiger charge is -2.38. The summed E-state index contributed by atoms with van der Waals surface area (Å²) in [6.45, 7) is 9.43. The van der Waals surface area contributed by atoms with Crippen LogP contribution in [0.2, 0.25) is 0 Å². The van der Waals surface area contributed by atoms with Gasteiger partial charge in [-0.1, -0.05) is 60.7 Å². The molecule has 1 saturated heterocycles.